The summed E-state index contributed by atoms with van der Waals surface area (Å²) < 4.78 is 10.9. The van der Waals surface area contributed by atoms with Crippen molar-refractivity contribution in [1.82, 2.24) is 4.98 Å². The van der Waals surface area contributed by atoms with Gasteiger partial charge in [-0.15, -0.1) is 0 Å². The number of H-pyrrole nitrogens is 1. The lowest BCUT2D eigenvalue weighted by molar-refractivity contribution is -0.176. The maximum absolute atomic E-state index is 13.3. The average Bonchev–Trinajstić information content (AvgIpc) is 3.25. The van der Waals surface area contributed by atoms with E-state index < -0.39 is 5.41 Å². The number of hydrogen-bond acceptors (Lipinski definition) is 6. The van der Waals surface area contributed by atoms with Gasteiger partial charge in [0.25, 0.3) is 0 Å². The summed E-state index contributed by atoms with van der Waals surface area (Å²) in [4.78, 5) is 16.7. The number of Topliss-reactive ketones (excluding diaryl/α,β-unsaturated/α-hetero) is 1. The number of benzene rings is 2. The summed E-state index contributed by atoms with van der Waals surface area (Å²) in [5.41, 5.74) is 3.90. The predicted octanol–water partition coefficient (Wildman–Crippen LogP) is 4.93. The normalized spacial score (nSPS) is 15.6. The zero-order valence-corrected chi connectivity index (χ0v) is 18.4. The summed E-state index contributed by atoms with van der Waals surface area (Å²) >= 11 is 0. The van der Waals surface area contributed by atoms with E-state index in [1.807, 2.05) is 30.3 Å². The first-order chi connectivity index (χ1) is 15.3. The first-order valence-corrected chi connectivity index (χ1v) is 10.5. The van der Waals surface area contributed by atoms with E-state index in [2.05, 4.69) is 37.9 Å². The lowest BCUT2D eigenvalue weighted by atomic mass is 9.87. The molecule has 7 heteroatoms. The van der Waals surface area contributed by atoms with Gasteiger partial charge in [0, 0.05) is 22.9 Å². The van der Waals surface area contributed by atoms with Crippen molar-refractivity contribution in [3.63, 3.8) is 0 Å². The van der Waals surface area contributed by atoms with E-state index >= 15 is 0 Å². The first-order valence-electron chi connectivity index (χ1n) is 10.5. The maximum Gasteiger partial charge on any atom is 0.231 e. The zero-order chi connectivity index (χ0) is 23.1. The summed E-state index contributed by atoms with van der Waals surface area (Å²) in [7, 11) is 0. The molecule has 0 saturated heterocycles. The van der Waals surface area contributed by atoms with Gasteiger partial charge in [-0.3, -0.25) is 15.3 Å². The van der Waals surface area contributed by atoms with Crippen LogP contribution in [0.3, 0.4) is 0 Å². The van der Waals surface area contributed by atoms with Gasteiger partial charge in [-0.2, -0.15) is 5.26 Å². The molecular formula is C25H26N2O5. The molecule has 0 unspecified atom stereocenters. The molecule has 0 spiro atoms. The molecule has 166 valence electrons. The molecule has 3 N–H and O–H groups in total. The van der Waals surface area contributed by atoms with Gasteiger partial charge in [0.2, 0.25) is 6.79 Å². The van der Waals surface area contributed by atoms with E-state index in [-0.39, 0.29) is 18.0 Å². The number of nitriles is 1. The standard InChI is InChI=1S/C25H24N2O3.H2O2/c1-24(2,3)21-11-16-8-15(9-17(13-26)23(16)27-21)10-22(28)25(6-7-25)18-4-5-19-20(12-18)30-14-29-19;1-2/h4-5,8-9,11-12,27H,6-7,10,14H2,1-3H3;1-2H. The molecule has 1 aliphatic carbocycles. The second kappa shape index (κ2) is 7.97. The summed E-state index contributed by atoms with van der Waals surface area (Å²) in [6.07, 6.45) is 2.00. The van der Waals surface area contributed by atoms with Crippen molar-refractivity contribution in [2.45, 2.75) is 50.9 Å². The third-order valence-corrected chi connectivity index (χ3v) is 6.29. The zero-order valence-electron chi connectivity index (χ0n) is 18.4. The Bertz CT molecular complexity index is 1230. The Kier molecular flexibility index (Phi) is 5.45. The minimum atomic E-state index is -0.447. The first kappa shape index (κ1) is 21.9. The Morgan fingerprint density at radius 3 is 2.50 bits per heavy atom. The molecule has 0 radical (unpaired) electrons. The van der Waals surface area contributed by atoms with Gasteiger partial charge >= 0.3 is 0 Å². The number of aromatic amines is 1. The predicted molar refractivity (Wildman–Crippen MR) is 119 cm³/mol. The summed E-state index contributed by atoms with van der Waals surface area (Å²) in [5.74, 6) is 1.63. The van der Waals surface area contributed by atoms with Crippen molar-refractivity contribution >= 4 is 16.7 Å². The van der Waals surface area contributed by atoms with Gasteiger partial charge in [0.05, 0.1) is 16.5 Å². The molecule has 1 fully saturated rings. The van der Waals surface area contributed by atoms with Gasteiger partial charge in [-0.05, 0) is 54.3 Å². The van der Waals surface area contributed by atoms with Crippen molar-refractivity contribution in [1.29, 1.82) is 5.26 Å². The summed E-state index contributed by atoms with van der Waals surface area (Å²) in [5, 5.41) is 22.6. The Hall–Kier alpha value is -3.34. The van der Waals surface area contributed by atoms with Crippen LogP contribution in [0.5, 0.6) is 11.5 Å². The van der Waals surface area contributed by atoms with Crippen LogP contribution in [0.4, 0.5) is 0 Å². The van der Waals surface area contributed by atoms with E-state index in [0.29, 0.717) is 17.7 Å². The molecule has 7 nitrogen and oxygen atoms in total. The number of carbonyl (C=O) groups excluding carboxylic acids is 1. The maximum atomic E-state index is 13.3. The number of ketones is 1. The van der Waals surface area contributed by atoms with Gasteiger partial charge in [0.1, 0.15) is 11.9 Å². The van der Waals surface area contributed by atoms with Crippen LogP contribution in [0.25, 0.3) is 10.9 Å². The smallest absolute Gasteiger partial charge is 0.231 e. The average molecular weight is 434 g/mol. The minimum absolute atomic E-state index is 0.0425. The molecule has 0 amide bonds. The van der Waals surface area contributed by atoms with Crippen LogP contribution in [0, 0.1) is 11.3 Å². The van der Waals surface area contributed by atoms with Crippen molar-refractivity contribution in [3.05, 3.63) is 58.8 Å². The molecule has 1 saturated carbocycles. The van der Waals surface area contributed by atoms with Crippen molar-refractivity contribution < 1.29 is 24.8 Å². The van der Waals surface area contributed by atoms with Crippen LogP contribution >= 0.6 is 0 Å². The molecule has 0 bridgehead atoms. The Morgan fingerprint density at radius 2 is 1.84 bits per heavy atom. The van der Waals surface area contributed by atoms with Crippen LogP contribution in [-0.2, 0) is 22.0 Å². The monoisotopic (exact) mass is 434 g/mol. The number of aromatic nitrogens is 1. The van der Waals surface area contributed by atoms with Crippen LogP contribution in [0.1, 0.15) is 56.0 Å². The number of nitrogens with zero attached hydrogens (tertiary/aromatic N) is 1. The molecule has 2 aromatic carbocycles. The van der Waals surface area contributed by atoms with E-state index in [4.69, 9.17) is 20.0 Å². The number of fused-ring (bicyclic) bond motifs is 2. The van der Waals surface area contributed by atoms with Crippen LogP contribution in [0.2, 0.25) is 0 Å². The van der Waals surface area contributed by atoms with Crippen LogP contribution in [-0.4, -0.2) is 28.1 Å². The van der Waals surface area contributed by atoms with E-state index in [1.165, 1.54) is 0 Å². The molecule has 1 aromatic heterocycles. The third kappa shape index (κ3) is 3.72. The van der Waals surface area contributed by atoms with Crippen LogP contribution < -0.4 is 9.47 Å². The van der Waals surface area contributed by atoms with Crippen LogP contribution in [0.15, 0.2) is 36.4 Å². The molecule has 32 heavy (non-hydrogen) atoms. The molecule has 2 aliphatic rings. The Balaban J connectivity index is 0.00000119. The van der Waals surface area contributed by atoms with Crippen molar-refractivity contribution in [2.24, 2.45) is 0 Å². The molecule has 2 heterocycles. The highest BCUT2D eigenvalue weighted by atomic mass is 17.0. The lowest BCUT2D eigenvalue weighted by Crippen LogP contribution is -2.22. The molecule has 5 rings (SSSR count). The Labute approximate surface area is 186 Å². The van der Waals surface area contributed by atoms with Crippen molar-refractivity contribution in [3.8, 4) is 17.6 Å². The number of hydrogen-bond donors (Lipinski definition) is 3. The minimum Gasteiger partial charge on any atom is -0.454 e. The highest BCUT2D eigenvalue weighted by molar-refractivity contribution is 5.96. The van der Waals surface area contributed by atoms with E-state index in [9.17, 15) is 10.1 Å². The number of ether oxygens (including phenoxy) is 2. The molecule has 1 aliphatic heterocycles. The molecule has 3 aromatic rings. The highest BCUT2D eigenvalue weighted by Crippen LogP contribution is 2.51. The number of nitrogens with one attached hydrogen (secondary N) is 1. The highest BCUT2D eigenvalue weighted by Gasteiger charge is 2.50. The fraction of sp³-hybridized carbons (Fsp3) is 0.360. The molecule has 0 atom stereocenters. The quantitative estimate of drug-likeness (QED) is 0.396. The van der Waals surface area contributed by atoms with Crippen molar-refractivity contribution in [2.75, 3.05) is 6.79 Å². The summed E-state index contributed by atoms with van der Waals surface area (Å²) in [6, 6.07) is 14.1. The second-order valence-corrected chi connectivity index (χ2v) is 9.40. The number of rotatable bonds is 4. The van der Waals surface area contributed by atoms with E-state index in [0.717, 1.165) is 46.3 Å². The molecular weight excluding hydrogens is 408 g/mol. The SMILES string of the molecule is CC(C)(C)c1cc2cc(CC(=O)C3(c4ccc5c(c4)OCO5)CC3)cc(C#N)c2[nH]1.OO. The largest absolute Gasteiger partial charge is 0.454 e. The van der Waals surface area contributed by atoms with Gasteiger partial charge in [-0.25, -0.2) is 0 Å². The van der Waals surface area contributed by atoms with Gasteiger partial charge in [-0.1, -0.05) is 26.8 Å². The third-order valence-electron chi connectivity index (χ3n) is 6.29. The second-order valence-electron chi connectivity index (χ2n) is 9.40. The fourth-order valence-electron chi connectivity index (χ4n) is 4.30. The fourth-order valence-corrected chi connectivity index (χ4v) is 4.30. The van der Waals surface area contributed by atoms with Gasteiger partial charge < -0.3 is 14.5 Å². The number of carbonyl (C=O) groups is 1. The topological polar surface area (TPSA) is 116 Å². The summed E-state index contributed by atoms with van der Waals surface area (Å²) in [6.45, 7) is 6.63. The lowest BCUT2D eigenvalue weighted by Gasteiger charge is -2.15. The Morgan fingerprint density at radius 1 is 1.12 bits per heavy atom. The van der Waals surface area contributed by atoms with Gasteiger partial charge in [0.15, 0.2) is 11.5 Å². The van der Waals surface area contributed by atoms with E-state index in [1.54, 1.807) is 0 Å².